The Hall–Kier alpha value is -2.90. The molecule has 0 aliphatic heterocycles. The third kappa shape index (κ3) is 6.07. The zero-order valence-electron chi connectivity index (χ0n) is 13.5. The van der Waals surface area contributed by atoms with Gasteiger partial charge in [-0.05, 0) is 32.0 Å². The Morgan fingerprint density at radius 2 is 1.42 bits per heavy atom. The molecule has 1 aromatic rings. The largest absolute Gasteiger partial charge is 0.481 e. The van der Waals surface area contributed by atoms with Crippen molar-refractivity contribution in [1.82, 2.24) is 0 Å². The normalized spacial score (nSPS) is 9.92. The third-order valence-electron chi connectivity index (χ3n) is 2.80. The predicted octanol–water partition coefficient (Wildman–Crippen LogP) is 1.84. The summed E-state index contributed by atoms with van der Waals surface area (Å²) in [7, 11) is 0. The van der Waals surface area contributed by atoms with Crippen molar-refractivity contribution in [3.8, 4) is 0 Å². The topological polar surface area (TPSA) is 119 Å². The number of carbonyl (C=O) groups is 4. The number of hydrogen-bond acceptors (Lipinski definition) is 6. The van der Waals surface area contributed by atoms with E-state index in [2.05, 4.69) is 5.32 Å². The summed E-state index contributed by atoms with van der Waals surface area (Å²) in [6.45, 7) is 3.59. The fraction of sp³-hybridized carbons (Fsp3) is 0.375. The monoisotopic (exact) mass is 337 g/mol. The number of esters is 2. The molecule has 0 radical (unpaired) electrons. The van der Waals surface area contributed by atoms with Gasteiger partial charge in [-0.25, -0.2) is 9.59 Å². The van der Waals surface area contributed by atoms with Gasteiger partial charge < -0.3 is 19.9 Å². The molecule has 0 aromatic heterocycles. The minimum Gasteiger partial charge on any atom is -0.481 e. The van der Waals surface area contributed by atoms with Gasteiger partial charge in [0.1, 0.15) is 0 Å². The third-order valence-corrected chi connectivity index (χ3v) is 2.80. The van der Waals surface area contributed by atoms with Crippen molar-refractivity contribution < 1.29 is 33.8 Å². The second-order valence-corrected chi connectivity index (χ2v) is 4.68. The summed E-state index contributed by atoms with van der Waals surface area (Å²) in [5, 5.41) is 11.0. The summed E-state index contributed by atoms with van der Waals surface area (Å²) >= 11 is 0. The lowest BCUT2D eigenvalue weighted by atomic mass is 10.1. The molecule has 1 rings (SSSR count). The maximum atomic E-state index is 11.9. The molecule has 8 heteroatoms. The van der Waals surface area contributed by atoms with E-state index in [-0.39, 0.29) is 42.9 Å². The summed E-state index contributed by atoms with van der Waals surface area (Å²) < 4.78 is 9.76. The Kier molecular flexibility index (Phi) is 7.41. The smallest absolute Gasteiger partial charge is 0.338 e. The molecule has 8 nitrogen and oxygen atoms in total. The average Bonchev–Trinajstić information content (AvgIpc) is 2.53. The van der Waals surface area contributed by atoms with Crippen LogP contribution in [0.1, 0.15) is 47.4 Å². The molecule has 1 amide bonds. The van der Waals surface area contributed by atoms with Crippen LogP contribution in [0.3, 0.4) is 0 Å². The van der Waals surface area contributed by atoms with E-state index in [1.54, 1.807) is 13.8 Å². The van der Waals surface area contributed by atoms with Crippen molar-refractivity contribution in [2.24, 2.45) is 0 Å². The number of anilines is 1. The van der Waals surface area contributed by atoms with Crippen LogP contribution in [0.5, 0.6) is 0 Å². The number of carboxylic acids is 1. The Morgan fingerprint density at radius 1 is 0.917 bits per heavy atom. The van der Waals surface area contributed by atoms with Crippen LogP contribution in [0.15, 0.2) is 18.2 Å². The van der Waals surface area contributed by atoms with Crippen molar-refractivity contribution in [2.75, 3.05) is 18.5 Å². The van der Waals surface area contributed by atoms with Crippen LogP contribution < -0.4 is 5.32 Å². The minimum atomic E-state index is -1.10. The van der Waals surface area contributed by atoms with E-state index in [1.165, 1.54) is 18.2 Å². The van der Waals surface area contributed by atoms with E-state index in [1.807, 2.05) is 0 Å². The Balaban J connectivity index is 3.04. The summed E-state index contributed by atoms with van der Waals surface area (Å²) in [5.41, 5.74) is 0.339. The molecule has 0 unspecified atom stereocenters. The number of carbonyl (C=O) groups excluding carboxylic acids is 3. The lowest BCUT2D eigenvalue weighted by molar-refractivity contribution is -0.138. The molecule has 2 N–H and O–H groups in total. The van der Waals surface area contributed by atoms with E-state index in [0.717, 1.165) is 0 Å². The van der Waals surface area contributed by atoms with E-state index < -0.39 is 23.8 Å². The van der Waals surface area contributed by atoms with Crippen molar-refractivity contribution in [2.45, 2.75) is 26.7 Å². The molecule has 0 aliphatic carbocycles. The van der Waals surface area contributed by atoms with Crippen molar-refractivity contribution >= 4 is 29.5 Å². The molecule has 0 atom stereocenters. The van der Waals surface area contributed by atoms with Gasteiger partial charge in [-0.1, -0.05) is 0 Å². The summed E-state index contributed by atoms with van der Waals surface area (Å²) in [6.07, 6.45) is -0.554. The fourth-order valence-electron chi connectivity index (χ4n) is 1.81. The highest BCUT2D eigenvalue weighted by atomic mass is 16.5. The van der Waals surface area contributed by atoms with Crippen molar-refractivity contribution in [1.29, 1.82) is 0 Å². The second kappa shape index (κ2) is 9.29. The first-order valence-electron chi connectivity index (χ1n) is 7.38. The van der Waals surface area contributed by atoms with Crippen LogP contribution in [0.25, 0.3) is 0 Å². The maximum absolute atomic E-state index is 11.9. The number of nitrogens with one attached hydrogen (secondary N) is 1. The zero-order valence-corrected chi connectivity index (χ0v) is 13.5. The number of amides is 1. The van der Waals surface area contributed by atoms with E-state index in [4.69, 9.17) is 14.6 Å². The lowest BCUT2D eigenvalue weighted by Crippen LogP contribution is -2.15. The Morgan fingerprint density at radius 3 is 1.83 bits per heavy atom. The summed E-state index contributed by atoms with van der Waals surface area (Å²) in [4.78, 5) is 45.9. The molecule has 24 heavy (non-hydrogen) atoms. The van der Waals surface area contributed by atoms with Crippen LogP contribution >= 0.6 is 0 Å². The molecular formula is C16H19NO7. The molecule has 1 aromatic carbocycles. The highest BCUT2D eigenvalue weighted by molar-refractivity contribution is 5.99. The van der Waals surface area contributed by atoms with Crippen LogP contribution in [-0.2, 0) is 19.1 Å². The van der Waals surface area contributed by atoms with Gasteiger partial charge in [-0.15, -0.1) is 0 Å². The number of benzene rings is 1. The van der Waals surface area contributed by atoms with Gasteiger partial charge in [0.05, 0.1) is 30.8 Å². The van der Waals surface area contributed by atoms with Crippen molar-refractivity contribution in [3.63, 3.8) is 0 Å². The van der Waals surface area contributed by atoms with Crippen LogP contribution in [-0.4, -0.2) is 42.1 Å². The van der Waals surface area contributed by atoms with Gasteiger partial charge in [0.25, 0.3) is 0 Å². The zero-order chi connectivity index (χ0) is 18.1. The van der Waals surface area contributed by atoms with Gasteiger partial charge in [0.2, 0.25) is 5.91 Å². The van der Waals surface area contributed by atoms with Gasteiger partial charge in [-0.2, -0.15) is 0 Å². The van der Waals surface area contributed by atoms with E-state index in [9.17, 15) is 19.2 Å². The highest BCUT2D eigenvalue weighted by Gasteiger charge is 2.16. The predicted molar refractivity (Wildman–Crippen MR) is 83.9 cm³/mol. The van der Waals surface area contributed by atoms with E-state index >= 15 is 0 Å². The Labute approximate surface area is 138 Å². The van der Waals surface area contributed by atoms with Crippen LogP contribution in [0, 0.1) is 0 Å². The standard InChI is InChI=1S/C16H19NO7/c1-3-23-15(21)10-7-11(16(22)24-4-2)9-12(8-10)17-13(18)5-6-14(19)20/h7-9H,3-6H2,1-2H3,(H,17,18)(H,19,20). The number of ether oxygens (including phenoxy) is 2. The molecule has 0 heterocycles. The molecule has 0 bridgehead atoms. The number of carboxylic acid groups (broad SMARTS) is 1. The van der Waals surface area contributed by atoms with Gasteiger partial charge in [-0.3, -0.25) is 9.59 Å². The van der Waals surface area contributed by atoms with Crippen LogP contribution in [0.4, 0.5) is 5.69 Å². The fourth-order valence-corrected chi connectivity index (χ4v) is 1.81. The molecular weight excluding hydrogens is 318 g/mol. The first-order valence-corrected chi connectivity index (χ1v) is 7.38. The van der Waals surface area contributed by atoms with Crippen LogP contribution in [0.2, 0.25) is 0 Å². The Bertz CT molecular complexity index is 603. The first kappa shape index (κ1) is 19.1. The maximum Gasteiger partial charge on any atom is 0.338 e. The highest BCUT2D eigenvalue weighted by Crippen LogP contribution is 2.18. The van der Waals surface area contributed by atoms with Gasteiger partial charge in [0, 0.05) is 12.1 Å². The second-order valence-electron chi connectivity index (χ2n) is 4.68. The quantitative estimate of drug-likeness (QED) is 0.695. The number of aliphatic carboxylic acids is 1. The summed E-state index contributed by atoms with van der Waals surface area (Å²) in [5.74, 6) is -2.94. The molecule has 0 spiro atoms. The SMILES string of the molecule is CCOC(=O)c1cc(NC(=O)CCC(=O)O)cc(C(=O)OCC)c1. The number of hydrogen-bond donors (Lipinski definition) is 2. The lowest BCUT2D eigenvalue weighted by Gasteiger charge is -2.10. The average molecular weight is 337 g/mol. The molecule has 0 aliphatic rings. The number of rotatable bonds is 8. The molecule has 0 fully saturated rings. The first-order chi connectivity index (χ1) is 11.4. The van der Waals surface area contributed by atoms with Crippen molar-refractivity contribution in [3.05, 3.63) is 29.3 Å². The van der Waals surface area contributed by atoms with Gasteiger partial charge in [0.15, 0.2) is 0 Å². The van der Waals surface area contributed by atoms with E-state index in [0.29, 0.717) is 0 Å². The molecule has 0 saturated carbocycles. The molecule has 0 saturated heterocycles. The minimum absolute atomic E-state index is 0.0796. The summed E-state index contributed by atoms with van der Waals surface area (Å²) in [6, 6.07) is 4.00. The van der Waals surface area contributed by atoms with Gasteiger partial charge >= 0.3 is 17.9 Å². The molecule has 130 valence electrons.